The molecule has 0 unspecified atom stereocenters. The number of nitrogens with zero attached hydrogens (tertiary/aromatic N) is 1. The molecule has 0 bridgehead atoms. The van der Waals surface area contributed by atoms with Crippen LogP contribution in [-0.2, 0) is 6.42 Å². The van der Waals surface area contributed by atoms with Crippen molar-refractivity contribution in [2.45, 2.75) is 27.2 Å². The van der Waals surface area contributed by atoms with Crippen LogP contribution in [0.5, 0.6) is 0 Å². The van der Waals surface area contributed by atoms with Gasteiger partial charge in [0, 0.05) is 5.69 Å². The molecule has 1 rings (SSSR count). The Labute approximate surface area is 78.8 Å². The van der Waals surface area contributed by atoms with Gasteiger partial charge in [0.05, 0.1) is 0 Å². The molecule has 0 aliphatic heterocycles. The van der Waals surface area contributed by atoms with Crippen molar-refractivity contribution in [2.75, 3.05) is 0 Å². The summed E-state index contributed by atoms with van der Waals surface area (Å²) in [6.07, 6.45) is 1.08. The summed E-state index contributed by atoms with van der Waals surface area (Å²) >= 11 is 5.74. The van der Waals surface area contributed by atoms with Gasteiger partial charge in [-0.15, -0.1) is 0 Å². The van der Waals surface area contributed by atoms with E-state index in [2.05, 4.69) is 24.9 Å². The lowest BCUT2D eigenvalue weighted by molar-refractivity contribution is 0.642. The lowest BCUT2D eigenvalue weighted by Gasteiger charge is -2.07. The van der Waals surface area contributed by atoms with Crippen molar-refractivity contribution in [3.8, 4) is 0 Å². The first-order valence-electron chi connectivity index (χ1n) is 4.21. The summed E-state index contributed by atoms with van der Waals surface area (Å²) in [7, 11) is 0. The van der Waals surface area contributed by atoms with E-state index < -0.39 is 0 Å². The summed E-state index contributed by atoms with van der Waals surface area (Å²) in [5.41, 5.74) is 2.35. The van der Waals surface area contributed by atoms with Crippen molar-refractivity contribution < 1.29 is 0 Å². The first-order chi connectivity index (χ1) is 5.59. The zero-order valence-electron chi connectivity index (χ0n) is 7.76. The van der Waals surface area contributed by atoms with Crippen LogP contribution in [0.3, 0.4) is 0 Å². The number of aromatic nitrogens is 1. The van der Waals surface area contributed by atoms with Crippen molar-refractivity contribution >= 4 is 11.6 Å². The van der Waals surface area contributed by atoms with E-state index in [1.165, 1.54) is 5.56 Å². The molecule has 0 aliphatic carbocycles. The Morgan fingerprint density at radius 1 is 1.42 bits per heavy atom. The number of aryl methyl sites for hydroxylation is 1. The van der Waals surface area contributed by atoms with Crippen LogP contribution in [-0.4, -0.2) is 4.98 Å². The van der Waals surface area contributed by atoms with E-state index in [0.717, 1.165) is 12.1 Å². The van der Waals surface area contributed by atoms with Crippen LogP contribution < -0.4 is 0 Å². The lowest BCUT2D eigenvalue weighted by Crippen LogP contribution is -1.98. The Morgan fingerprint density at radius 2 is 2.08 bits per heavy atom. The number of halogens is 1. The lowest BCUT2D eigenvalue weighted by atomic mass is 10.0. The van der Waals surface area contributed by atoms with Gasteiger partial charge in [-0.1, -0.05) is 31.5 Å². The Morgan fingerprint density at radius 3 is 2.58 bits per heavy atom. The van der Waals surface area contributed by atoms with Crippen LogP contribution in [0.25, 0.3) is 0 Å². The largest absolute Gasteiger partial charge is 0.241 e. The van der Waals surface area contributed by atoms with E-state index in [9.17, 15) is 0 Å². The molecule has 0 atom stereocenters. The molecule has 1 aromatic heterocycles. The number of pyridine rings is 1. The summed E-state index contributed by atoms with van der Waals surface area (Å²) in [6.45, 7) is 6.41. The highest BCUT2D eigenvalue weighted by molar-refractivity contribution is 6.29. The Bertz CT molecular complexity index is 269. The maximum Gasteiger partial charge on any atom is 0.129 e. The van der Waals surface area contributed by atoms with Crippen molar-refractivity contribution in [3.05, 3.63) is 28.5 Å². The van der Waals surface area contributed by atoms with Gasteiger partial charge in [-0.3, -0.25) is 0 Å². The molecule has 0 N–H and O–H groups in total. The van der Waals surface area contributed by atoms with Gasteiger partial charge in [-0.25, -0.2) is 4.98 Å². The second kappa shape index (κ2) is 3.90. The zero-order valence-corrected chi connectivity index (χ0v) is 8.52. The van der Waals surface area contributed by atoms with Crippen LogP contribution in [0.1, 0.15) is 25.1 Å². The predicted molar refractivity (Wildman–Crippen MR) is 52.5 cm³/mol. The Balaban J connectivity index is 2.86. The van der Waals surface area contributed by atoms with Gasteiger partial charge in [-0.05, 0) is 30.9 Å². The normalized spacial score (nSPS) is 10.8. The van der Waals surface area contributed by atoms with Crippen LogP contribution in [0.4, 0.5) is 0 Å². The molecular formula is C10H14ClN. The molecule has 1 heterocycles. The predicted octanol–water partition coefficient (Wildman–Crippen LogP) is 3.24. The zero-order chi connectivity index (χ0) is 9.14. The highest BCUT2D eigenvalue weighted by Crippen LogP contribution is 2.14. The van der Waals surface area contributed by atoms with Crippen molar-refractivity contribution in [3.63, 3.8) is 0 Å². The third-order valence-electron chi connectivity index (χ3n) is 1.79. The average molecular weight is 184 g/mol. The van der Waals surface area contributed by atoms with E-state index in [1.54, 1.807) is 0 Å². The topological polar surface area (TPSA) is 12.9 Å². The number of hydrogen-bond donors (Lipinski definition) is 0. The van der Waals surface area contributed by atoms with Gasteiger partial charge in [0.15, 0.2) is 0 Å². The monoisotopic (exact) mass is 183 g/mol. The van der Waals surface area contributed by atoms with Gasteiger partial charge >= 0.3 is 0 Å². The molecule has 0 aromatic carbocycles. The SMILES string of the molecule is Cc1nc(Cl)ccc1CC(C)C. The van der Waals surface area contributed by atoms with Gasteiger partial charge < -0.3 is 0 Å². The van der Waals surface area contributed by atoms with Gasteiger partial charge in [0.2, 0.25) is 0 Å². The van der Waals surface area contributed by atoms with Gasteiger partial charge in [-0.2, -0.15) is 0 Å². The molecular weight excluding hydrogens is 170 g/mol. The molecule has 1 nitrogen and oxygen atoms in total. The summed E-state index contributed by atoms with van der Waals surface area (Å²) in [5, 5.41) is 0.583. The Kier molecular flexibility index (Phi) is 3.10. The van der Waals surface area contributed by atoms with E-state index in [4.69, 9.17) is 11.6 Å². The molecule has 0 saturated carbocycles. The average Bonchev–Trinajstić information content (AvgIpc) is 1.94. The maximum atomic E-state index is 5.74. The molecule has 12 heavy (non-hydrogen) atoms. The molecule has 2 heteroatoms. The third-order valence-corrected chi connectivity index (χ3v) is 2.00. The minimum absolute atomic E-state index is 0.583. The molecule has 0 radical (unpaired) electrons. The fourth-order valence-electron chi connectivity index (χ4n) is 1.21. The van der Waals surface area contributed by atoms with Crippen LogP contribution in [0.15, 0.2) is 12.1 Å². The fraction of sp³-hybridized carbons (Fsp3) is 0.500. The van der Waals surface area contributed by atoms with Crippen molar-refractivity contribution in [2.24, 2.45) is 5.92 Å². The second-order valence-corrected chi connectivity index (χ2v) is 3.86. The minimum Gasteiger partial charge on any atom is -0.241 e. The van der Waals surface area contributed by atoms with E-state index >= 15 is 0 Å². The standard InChI is InChI=1S/C10H14ClN/c1-7(2)6-9-4-5-10(11)12-8(9)3/h4-5,7H,6H2,1-3H3. The summed E-state index contributed by atoms with van der Waals surface area (Å²) in [5.74, 6) is 0.673. The first kappa shape index (κ1) is 9.53. The van der Waals surface area contributed by atoms with Crippen LogP contribution in [0, 0.1) is 12.8 Å². The summed E-state index contributed by atoms with van der Waals surface area (Å²) in [6, 6.07) is 3.91. The molecule has 1 aromatic rings. The number of hydrogen-bond acceptors (Lipinski definition) is 1. The first-order valence-corrected chi connectivity index (χ1v) is 4.59. The summed E-state index contributed by atoms with van der Waals surface area (Å²) < 4.78 is 0. The van der Waals surface area contributed by atoms with Crippen LogP contribution >= 0.6 is 11.6 Å². The maximum absolute atomic E-state index is 5.74. The quantitative estimate of drug-likeness (QED) is 0.642. The van der Waals surface area contributed by atoms with Crippen molar-refractivity contribution in [1.29, 1.82) is 0 Å². The van der Waals surface area contributed by atoms with Crippen molar-refractivity contribution in [1.82, 2.24) is 4.98 Å². The molecule has 0 amide bonds. The minimum atomic E-state index is 0.583. The smallest absolute Gasteiger partial charge is 0.129 e. The Hall–Kier alpha value is -0.560. The second-order valence-electron chi connectivity index (χ2n) is 3.48. The van der Waals surface area contributed by atoms with E-state index in [0.29, 0.717) is 11.1 Å². The van der Waals surface area contributed by atoms with Gasteiger partial charge in [0.1, 0.15) is 5.15 Å². The highest BCUT2D eigenvalue weighted by Gasteiger charge is 2.02. The molecule has 0 aliphatic rings. The fourth-order valence-corrected chi connectivity index (χ4v) is 1.40. The van der Waals surface area contributed by atoms with Crippen LogP contribution in [0.2, 0.25) is 5.15 Å². The molecule has 0 fully saturated rings. The van der Waals surface area contributed by atoms with E-state index in [-0.39, 0.29) is 0 Å². The van der Waals surface area contributed by atoms with E-state index in [1.807, 2.05) is 13.0 Å². The van der Waals surface area contributed by atoms with Gasteiger partial charge in [0.25, 0.3) is 0 Å². The number of rotatable bonds is 2. The highest BCUT2D eigenvalue weighted by atomic mass is 35.5. The summed E-state index contributed by atoms with van der Waals surface area (Å²) in [4.78, 5) is 4.19. The third kappa shape index (κ3) is 2.49. The molecule has 0 saturated heterocycles. The molecule has 0 spiro atoms. The molecule has 66 valence electrons.